The molecule has 27 heavy (non-hydrogen) atoms. The molecular weight excluding hydrogens is 364 g/mol. The van der Waals surface area contributed by atoms with E-state index in [1.165, 1.54) is 146 Å². The molecule has 0 bridgehead atoms. The van der Waals surface area contributed by atoms with Gasteiger partial charge in [0.15, 0.2) is 0 Å². The van der Waals surface area contributed by atoms with E-state index in [1.807, 2.05) is 0 Å². The summed E-state index contributed by atoms with van der Waals surface area (Å²) in [4.78, 5) is 0. The van der Waals surface area contributed by atoms with Gasteiger partial charge >= 0.3 is 0 Å². The zero-order valence-corrected chi connectivity index (χ0v) is 20.7. The summed E-state index contributed by atoms with van der Waals surface area (Å²) in [5.74, 6) is 2.75. The van der Waals surface area contributed by atoms with Crippen LogP contribution in [0.1, 0.15) is 149 Å². The molecule has 0 rings (SSSR count). The molecule has 0 aromatic heterocycles. The molecule has 0 atom stereocenters. The highest BCUT2D eigenvalue weighted by Crippen LogP contribution is 2.25. The van der Waals surface area contributed by atoms with Crippen molar-refractivity contribution in [2.75, 3.05) is 11.5 Å². The second-order valence-electron chi connectivity index (χ2n) is 8.36. The maximum Gasteiger partial charge on any atom is 0.00369 e. The minimum Gasteiger partial charge on any atom is -0.0942 e. The summed E-state index contributed by atoms with van der Waals surface area (Å²) in [6.45, 7) is 4.60. The molecule has 0 unspecified atom stereocenters. The highest BCUT2D eigenvalue weighted by atomic mass is 33.1. The van der Waals surface area contributed by atoms with Gasteiger partial charge in [0.25, 0.3) is 0 Å². The minimum absolute atomic E-state index is 1.37. The summed E-state index contributed by atoms with van der Waals surface area (Å²) >= 11 is 0. The third kappa shape index (κ3) is 26.7. The molecule has 0 aliphatic heterocycles. The second kappa shape index (κ2) is 26.7. The van der Waals surface area contributed by atoms with Crippen LogP contribution in [-0.4, -0.2) is 11.5 Å². The van der Waals surface area contributed by atoms with E-state index in [-0.39, 0.29) is 0 Å². The number of hydrogen-bond acceptors (Lipinski definition) is 2. The lowest BCUT2D eigenvalue weighted by Crippen LogP contribution is -1.84. The standard InChI is InChI=1S/C25H52S2/c1-3-5-7-9-11-13-14-15-16-17-19-21-23-25-27-26-24-22-20-18-12-10-8-6-4-2/h3-25H2,1-2H3. The maximum atomic E-state index is 2.30. The second-order valence-corrected chi connectivity index (χ2v) is 11.1. The van der Waals surface area contributed by atoms with Gasteiger partial charge in [0, 0.05) is 11.5 Å². The van der Waals surface area contributed by atoms with Gasteiger partial charge < -0.3 is 0 Å². The van der Waals surface area contributed by atoms with Gasteiger partial charge in [0.2, 0.25) is 0 Å². The fourth-order valence-corrected chi connectivity index (χ4v) is 5.89. The molecule has 0 amide bonds. The van der Waals surface area contributed by atoms with Gasteiger partial charge in [-0.25, -0.2) is 0 Å². The van der Waals surface area contributed by atoms with Crippen molar-refractivity contribution in [2.24, 2.45) is 0 Å². The Kier molecular flexibility index (Phi) is 27.4. The van der Waals surface area contributed by atoms with E-state index in [1.54, 1.807) is 0 Å². The van der Waals surface area contributed by atoms with Crippen LogP contribution in [-0.2, 0) is 0 Å². The molecule has 0 heterocycles. The van der Waals surface area contributed by atoms with Crippen LogP contribution in [0.5, 0.6) is 0 Å². The molecule has 0 N–H and O–H groups in total. The lowest BCUT2D eigenvalue weighted by atomic mass is 10.1. The first-order chi connectivity index (χ1) is 13.4. The minimum atomic E-state index is 1.37. The van der Waals surface area contributed by atoms with Crippen LogP contribution in [0.15, 0.2) is 0 Å². The van der Waals surface area contributed by atoms with Crippen LogP contribution in [0.3, 0.4) is 0 Å². The van der Waals surface area contributed by atoms with E-state index < -0.39 is 0 Å². The van der Waals surface area contributed by atoms with Crippen molar-refractivity contribution < 1.29 is 0 Å². The number of unbranched alkanes of at least 4 members (excludes halogenated alkanes) is 19. The monoisotopic (exact) mass is 416 g/mol. The molecule has 2 heteroatoms. The predicted octanol–water partition coefficient (Wildman–Crippen LogP) is 10.6. The van der Waals surface area contributed by atoms with Gasteiger partial charge in [-0.3, -0.25) is 0 Å². The van der Waals surface area contributed by atoms with Gasteiger partial charge in [-0.15, -0.1) is 0 Å². The molecule has 0 spiro atoms. The first kappa shape index (κ1) is 27.7. The van der Waals surface area contributed by atoms with Crippen LogP contribution in [0.2, 0.25) is 0 Å². The summed E-state index contributed by atoms with van der Waals surface area (Å²) < 4.78 is 0. The maximum absolute atomic E-state index is 2.30. The Bertz CT molecular complexity index is 218. The smallest absolute Gasteiger partial charge is 0.00369 e. The summed E-state index contributed by atoms with van der Waals surface area (Å²) in [5.41, 5.74) is 0. The third-order valence-electron chi connectivity index (χ3n) is 5.50. The van der Waals surface area contributed by atoms with E-state index in [2.05, 4.69) is 35.4 Å². The number of rotatable bonds is 24. The SMILES string of the molecule is CCCCCCCCCCCCCCCSSCCCCCCCCCC. The van der Waals surface area contributed by atoms with Gasteiger partial charge in [-0.05, 0) is 12.8 Å². The summed E-state index contributed by atoms with van der Waals surface area (Å²) in [5, 5.41) is 0. The topological polar surface area (TPSA) is 0 Å². The van der Waals surface area contributed by atoms with Crippen molar-refractivity contribution in [1.82, 2.24) is 0 Å². The summed E-state index contributed by atoms with van der Waals surface area (Å²) in [7, 11) is 4.25. The van der Waals surface area contributed by atoms with Crippen LogP contribution < -0.4 is 0 Å². The summed E-state index contributed by atoms with van der Waals surface area (Å²) in [6, 6.07) is 0. The molecule has 0 aliphatic carbocycles. The zero-order valence-electron chi connectivity index (χ0n) is 19.1. The van der Waals surface area contributed by atoms with Crippen LogP contribution in [0, 0.1) is 0 Å². The molecule has 0 aromatic rings. The van der Waals surface area contributed by atoms with Gasteiger partial charge in [0.05, 0.1) is 0 Å². The average Bonchev–Trinajstić information content (AvgIpc) is 2.68. The quantitative estimate of drug-likeness (QED) is 0.113. The molecular formula is C25H52S2. The van der Waals surface area contributed by atoms with Crippen LogP contribution >= 0.6 is 21.6 Å². The van der Waals surface area contributed by atoms with Crippen molar-refractivity contribution in [3.05, 3.63) is 0 Å². The van der Waals surface area contributed by atoms with E-state index in [4.69, 9.17) is 0 Å². The molecule has 0 saturated heterocycles. The van der Waals surface area contributed by atoms with Crippen molar-refractivity contribution in [2.45, 2.75) is 149 Å². The van der Waals surface area contributed by atoms with E-state index in [0.29, 0.717) is 0 Å². The largest absolute Gasteiger partial charge is 0.0942 e. The van der Waals surface area contributed by atoms with E-state index in [9.17, 15) is 0 Å². The highest BCUT2D eigenvalue weighted by molar-refractivity contribution is 8.76. The van der Waals surface area contributed by atoms with Crippen molar-refractivity contribution in [3.8, 4) is 0 Å². The molecule has 0 aliphatic rings. The van der Waals surface area contributed by atoms with Crippen molar-refractivity contribution in [3.63, 3.8) is 0 Å². The Hall–Kier alpha value is 0.700. The zero-order chi connectivity index (χ0) is 19.7. The van der Waals surface area contributed by atoms with Crippen molar-refractivity contribution in [1.29, 1.82) is 0 Å². The molecule has 0 fully saturated rings. The fraction of sp³-hybridized carbons (Fsp3) is 1.00. The van der Waals surface area contributed by atoms with Crippen LogP contribution in [0.4, 0.5) is 0 Å². The Morgan fingerprint density at radius 2 is 0.519 bits per heavy atom. The normalized spacial score (nSPS) is 11.3. The molecule has 0 aromatic carbocycles. The molecule has 164 valence electrons. The van der Waals surface area contributed by atoms with E-state index >= 15 is 0 Å². The van der Waals surface area contributed by atoms with Gasteiger partial charge in [0.1, 0.15) is 0 Å². The van der Waals surface area contributed by atoms with Gasteiger partial charge in [-0.2, -0.15) is 0 Å². The Labute approximate surface area is 181 Å². The molecule has 0 nitrogen and oxygen atoms in total. The van der Waals surface area contributed by atoms with Crippen molar-refractivity contribution >= 4 is 21.6 Å². The Balaban J connectivity index is 2.95. The molecule has 0 radical (unpaired) electrons. The lowest BCUT2D eigenvalue weighted by molar-refractivity contribution is 0.543. The average molecular weight is 417 g/mol. The van der Waals surface area contributed by atoms with Crippen LogP contribution in [0.25, 0.3) is 0 Å². The van der Waals surface area contributed by atoms with E-state index in [0.717, 1.165) is 0 Å². The first-order valence-corrected chi connectivity index (χ1v) is 15.1. The third-order valence-corrected chi connectivity index (χ3v) is 8.07. The highest BCUT2D eigenvalue weighted by Gasteiger charge is 1.96. The predicted molar refractivity (Wildman–Crippen MR) is 133 cm³/mol. The van der Waals surface area contributed by atoms with Gasteiger partial charge in [-0.1, -0.05) is 157 Å². The fourth-order valence-electron chi connectivity index (χ4n) is 3.59. The Morgan fingerprint density at radius 1 is 0.296 bits per heavy atom. The molecule has 0 saturated carbocycles. The number of hydrogen-bond donors (Lipinski definition) is 0. The Morgan fingerprint density at radius 3 is 0.778 bits per heavy atom. The lowest BCUT2D eigenvalue weighted by Gasteiger charge is -2.04. The summed E-state index contributed by atoms with van der Waals surface area (Å²) in [6.07, 6.45) is 30.6. The first-order valence-electron chi connectivity index (χ1n) is 12.7.